The van der Waals surface area contributed by atoms with Crippen molar-refractivity contribution in [2.45, 2.75) is 77.6 Å². The number of aliphatic hydroxyl groups excluding tert-OH is 1. The maximum absolute atomic E-state index is 14.1. The van der Waals surface area contributed by atoms with Crippen molar-refractivity contribution < 1.29 is 32.6 Å². The molecule has 0 aliphatic carbocycles. The van der Waals surface area contributed by atoms with Gasteiger partial charge in [-0.15, -0.1) is 11.3 Å². The summed E-state index contributed by atoms with van der Waals surface area (Å²) in [6.07, 6.45) is -1.05. The molecule has 14 heteroatoms. The number of benzene rings is 2. The highest BCUT2D eigenvalue weighted by molar-refractivity contribution is 7.89. The third-order valence-corrected chi connectivity index (χ3v) is 11.5. The van der Waals surface area contributed by atoms with Crippen LogP contribution in [-0.4, -0.2) is 102 Å². The summed E-state index contributed by atoms with van der Waals surface area (Å²) in [5, 5.41) is 17.0. The number of aromatic nitrogens is 1. The number of thiazole rings is 1. The van der Waals surface area contributed by atoms with Crippen LogP contribution in [0.2, 0.25) is 0 Å². The summed E-state index contributed by atoms with van der Waals surface area (Å²) in [5.74, 6) is -0.468. The van der Waals surface area contributed by atoms with Gasteiger partial charge in [0, 0.05) is 37.5 Å². The topological polar surface area (TPSA) is 149 Å². The highest BCUT2D eigenvalue weighted by Gasteiger charge is 2.41. The zero-order chi connectivity index (χ0) is 37.5. The lowest BCUT2D eigenvalue weighted by Crippen LogP contribution is -2.57. The standard InChI is InChI=1S/C37H51N5O7S2/c1-24(2)20-41(51(47,48)30-15-13-29(49-7)14-16-30)22-32(43)31(19-27-11-9-8-10-12-27)39-35(45)33(25(3)4)42-18-17-40(37(42)46)21-28-23-50-36(38-28)34(44)26(5)6/h8-16,23-26,31-33,43H,17-22H2,1-7H3,(H,39,45)/t31?,32?,33-/m0/s1. The van der Waals surface area contributed by atoms with E-state index in [1.807, 2.05) is 71.9 Å². The molecule has 278 valence electrons. The van der Waals surface area contributed by atoms with Crippen molar-refractivity contribution in [3.05, 3.63) is 76.2 Å². The van der Waals surface area contributed by atoms with Crippen molar-refractivity contribution in [1.29, 1.82) is 0 Å². The molecule has 0 radical (unpaired) electrons. The van der Waals surface area contributed by atoms with Gasteiger partial charge in [-0.1, -0.05) is 71.9 Å². The molecule has 1 saturated heterocycles. The minimum atomic E-state index is -4.02. The van der Waals surface area contributed by atoms with Gasteiger partial charge in [-0.2, -0.15) is 4.31 Å². The third kappa shape index (κ3) is 10.1. The van der Waals surface area contributed by atoms with Crippen LogP contribution in [0.15, 0.2) is 64.9 Å². The molecular formula is C37H51N5O7S2. The van der Waals surface area contributed by atoms with E-state index in [1.54, 1.807) is 22.4 Å². The SMILES string of the molecule is COc1ccc(S(=O)(=O)N(CC(C)C)CC(O)C(Cc2ccccc2)NC(=O)[C@H](C(C)C)N2CCN(Cc3csc(C(=O)C(C)C)n3)C2=O)cc1. The normalized spacial score (nSPS) is 15.6. The Balaban J connectivity index is 1.55. The average Bonchev–Trinajstić information content (AvgIpc) is 3.70. The predicted molar refractivity (Wildman–Crippen MR) is 197 cm³/mol. The second-order valence-corrected chi connectivity index (χ2v) is 16.8. The molecule has 1 fully saturated rings. The van der Waals surface area contributed by atoms with E-state index in [9.17, 15) is 27.9 Å². The van der Waals surface area contributed by atoms with E-state index in [0.717, 1.165) is 5.56 Å². The number of rotatable bonds is 18. The van der Waals surface area contributed by atoms with Gasteiger partial charge in [0.15, 0.2) is 10.8 Å². The quantitative estimate of drug-likeness (QED) is 0.179. The molecule has 51 heavy (non-hydrogen) atoms. The van der Waals surface area contributed by atoms with Gasteiger partial charge in [-0.05, 0) is 48.1 Å². The van der Waals surface area contributed by atoms with Gasteiger partial charge in [-0.3, -0.25) is 9.59 Å². The molecule has 4 rings (SSSR count). The minimum absolute atomic E-state index is 0.0462. The van der Waals surface area contributed by atoms with Gasteiger partial charge < -0.3 is 25.0 Å². The Morgan fingerprint density at radius 3 is 2.25 bits per heavy atom. The molecule has 1 aromatic heterocycles. The molecule has 0 saturated carbocycles. The van der Waals surface area contributed by atoms with Gasteiger partial charge in [-0.25, -0.2) is 18.2 Å². The van der Waals surface area contributed by atoms with Crippen LogP contribution in [0.1, 0.15) is 62.6 Å². The van der Waals surface area contributed by atoms with Crippen molar-refractivity contribution in [3.8, 4) is 5.75 Å². The zero-order valence-corrected chi connectivity index (χ0v) is 32.1. The van der Waals surface area contributed by atoms with E-state index in [-0.39, 0.29) is 60.5 Å². The molecule has 2 unspecified atom stereocenters. The second-order valence-electron chi connectivity index (χ2n) is 14.0. The lowest BCUT2D eigenvalue weighted by atomic mass is 9.97. The number of aliphatic hydroxyl groups is 1. The Morgan fingerprint density at radius 1 is 1.00 bits per heavy atom. The first-order valence-electron chi connectivity index (χ1n) is 17.3. The minimum Gasteiger partial charge on any atom is -0.497 e. The largest absolute Gasteiger partial charge is 0.497 e. The van der Waals surface area contributed by atoms with Crippen molar-refractivity contribution in [2.24, 2.45) is 17.8 Å². The summed E-state index contributed by atoms with van der Waals surface area (Å²) < 4.78 is 34.2. The van der Waals surface area contributed by atoms with Gasteiger partial charge in [0.25, 0.3) is 0 Å². The molecule has 3 aromatic rings. The third-order valence-electron chi connectivity index (χ3n) is 8.75. The van der Waals surface area contributed by atoms with Crippen LogP contribution in [0.5, 0.6) is 5.75 Å². The molecule has 0 bridgehead atoms. The maximum Gasteiger partial charge on any atom is 0.321 e. The van der Waals surface area contributed by atoms with Gasteiger partial charge in [0.1, 0.15) is 11.8 Å². The lowest BCUT2D eigenvalue weighted by Gasteiger charge is -2.34. The monoisotopic (exact) mass is 741 g/mol. The van der Waals surface area contributed by atoms with Crippen LogP contribution in [0.25, 0.3) is 0 Å². The molecule has 2 heterocycles. The fraction of sp³-hybridized carbons (Fsp3) is 0.514. The van der Waals surface area contributed by atoms with Crippen LogP contribution >= 0.6 is 11.3 Å². The number of hydrogen-bond donors (Lipinski definition) is 2. The Morgan fingerprint density at radius 2 is 1.67 bits per heavy atom. The number of amides is 3. The number of sulfonamides is 1. The smallest absolute Gasteiger partial charge is 0.321 e. The van der Waals surface area contributed by atoms with E-state index in [1.165, 1.54) is 39.8 Å². The summed E-state index contributed by atoms with van der Waals surface area (Å²) in [5.41, 5.74) is 1.46. The number of urea groups is 1. The van der Waals surface area contributed by atoms with Crippen molar-refractivity contribution >= 4 is 39.1 Å². The average molecular weight is 742 g/mol. The first-order chi connectivity index (χ1) is 24.1. The Kier molecular flexibility index (Phi) is 13.8. The van der Waals surface area contributed by atoms with E-state index in [4.69, 9.17) is 4.74 Å². The van der Waals surface area contributed by atoms with Crippen LogP contribution in [-0.2, 0) is 27.8 Å². The van der Waals surface area contributed by atoms with Crippen LogP contribution in [0, 0.1) is 17.8 Å². The molecule has 3 atom stereocenters. The number of methoxy groups -OCH3 is 1. The van der Waals surface area contributed by atoms with Crippen LogP contribution in [0.4, 0.5) is 4.79 Å². The Hall–Kier alpha value is -3.85. The molecule has 3 amide bonds. The maximum atomic E-state index is 14.1. The number of nitrogens with one attached hydrogen (secondary N) is 1. The summed E-state index contributed by atoms with van der Waals surface area (Å²) in [6.45, 7) is 11.9. The number of carbonyl (C=O) groups excluding carboxylic acids is 3. The summed E-state index contributed by atoms with van der Waals surface area (Å²) in [4.78, 5) is 47.9. The summed E-state index contributed by atoms with van der Waals surface area (Å²) in [7, 11) is -2.52. The van der Waals surface area contributed by atoms with Crippen molar-refractivity contribution in [1.82, 2.24) is 24.4 Å². The molecule has 2 aromatic carbocycles. The molecule has 0 spiro atoms. The van der Waals surface area contributed by atoms with Crippen LogP contribution < -0.4 is 10.1 Å². The number of nitrogens with zero attached hydrogens (tertiary/aromatic N) is 4. The lowest BCUT2D eigenvalue weighted by molar-refractivity contribution is -0.128. The number of ether oxygens (including phenoxy) is 1. The number of ketones is 1. The Labute approximate surface area is 305 Å². The predicted octanol–water partition coefficient (Wildman–Crippen LogP) is 4.69. The number of carbonyl (C=O) groups is 3. The fourth-order valence-electron chi connectivity index (χ4n) is 6.08. The number of hydrogen-bond acceptors (Lipinski definition) is 9. The van der Waals surface area contributed by atoms with Crippen LogP contribution in [0.3, 0.4) is 0 Å². The molecule has 1 aliphatic rings. The number of Topliss-reactive ketones (excluding diaryl/α,β-unsaturated/α-hetero) is 1. The second kappa shape index (κ2) is 17.6. The zero-order valence-electron chi connectivity index (χ0n) is 30.5. The first-order valence-corrected chi connectivity index (χ1v) is 19.6. The Bertz CT molecular complexity index is 1730. The highest BCUT2D eigenvalue weighted by Crippen LogP contribution is 2.24. The molecule has 1 aliphatic heterocycles. The molecule has 2 N–H and O–H groups in total. The van der Waals surface area contributed by atoms with E-state index in [2.05, 4.69) is 10.3 Å². The first kappa shape index (κ1) is 39.9. The van der Waals surface area contributed by atoms with Gasteiger partial charge >= 0.3 is 6.03 Å². The van der Waals surface area contributed by atoms with Gasteiger partial charge in [0.2, 0.25) is 15.9 Å². The van der Waals surface area contributed by atoms with Gasteiger partial charge in [0.05, 0.1) is 36.4 Å². The van der Waals surface area contributed by atoms with E-state index in [0.29, 0.717) is 29.5 Å². The van der Waals surface area contributed by atoms with E-state index < -0.39 is 34.1 Å². The summed E-state index contributed by atoms with van der Waals surface area (Å²) >= 11 is 1.26. The molecule has 12 nitrogen and oxygen atoms in total. The highest BCUT2D eigenvalue weighted by atomic mass is 32.2. The summed E-state index contributed by atoms with van der Waals surface area (Å²) in [6, 6.07) is 13.4. The van der Waals surface area contributed by atoms with Crippen molar-refractivity contribution in [2.75, 3.05) is 33.3 Å². The molecular weight excluding hydrogens is 691 g/mol. The fourth-order valence-corrected chi connectivity index (χ4v) is 8.59. The van der Waals surface area contributed by atoms with Crippen molar-refractivity contribution in [3.63, 3.8) is 0 Å². The van der Waals surface area contributed by atoms with E-state index >= 15 is 0 Å².